The van der Waals surface area contributed by atoms with Crippen LogP contribution in [0.15, 0.2) is 24.3 Å². The molecule has 6 nitrogen and oxygen atoms in total. The van der Waals surface area contributed by atoms with E-state index in [9.17, 15) is 14.7 Å². The number of carboxylic acid groups (broad SMARTS) is 1. The number of aliphatic carboxylic acids is 1. The fourth-order valence-electron chi connectivity index (χ4n) is 1.53. The van der Waals surface area contributed by atoms with E-state index in [4.69, 9.17) is 9.84 Å². The lowest BCUT2D eigenvalue weighted by Gasteiger charge is -2.20. The first-order valence-electron chi connectivity index (χ1n) is 6.15. The number of aliphatic hydroxyl groups is 1. The molecule has 0 aliphatic carbocycles. The second kappa shape index (κ2) is 6.38. The van der Waals surface area contributed by atoms with Crippen LogP contribution in [-0.2, 0) is 9.59 Å². The third kappa shape index (κ3) is 3.96. The molecule has 0 aliphatic heterocycles. The summed E-state index contributed by atoms with van der Waals surface area (Å²) in [6, 6.07) is 7.01. The van der Waals surface area contributed by atoms with Gasteiger partial charge in [0.2, 0.25) is 5.91 Å². The van der Waals surface area contributed by atoms with Crippen LogP contribution in [0.5, 0.6) is 5.75 Å². The van der Waals surface area contributed by atoms with Gasteiger partial charge in [-0.3, -0.25) is 4.79 Å². The van der Waals surface area contributed by atoms with Crippen molar-refractivity contribution in [2.45, 2.75) is 25.4 Å². The van der Waals surface area contributed by atoms with Crippen molar-refractivity contribution < 1.29 is 24.5 Å². The second-order valence-electron chi connectivity index (χ2n) is 4.79. The number of hydrogen-bond acceptors (Lipinski definition) is 4. The Labute approximate surface area is 117 Å². The topological polar surface area (TPSA) is 95.9 Å². The van der Waals surface area contributed by atoms with Crippen LogP contribution >= 0.6 is 0 Å². The summed E-state index contributed by atoms with van der Waals surface area (Å²) >= 11 is 0. The fourth-order valence-corrected chi connectivity index (χ4v) is 1.53. The molecular formula is C14H19NO5. The summed E-state index contributed by atoms with van der Waals surface area (Å²) in [5.41, 5.74) is -1.20. The summed E-state index contributed by atoms with van der Waals surface area (Å²) in [4.78, 5) is 22.6. The van der Waals surface area contributed by atoms with Gasteiger partial charge in [0.15, 0.2) is 5.60 Å². The molecule has 0 spiro atoms. The van der Waals surface area contributed by atoms with Gasteiger partial charge in [0, 0.05) is 0 Å². The SMILES string of the molecule is COc1ccc(C(C)C(=O)NCC(C)(O)C(=O)O)cc1. The van der Waals surface area contributed by atoms with Crippen LogP contribution in [-0.4, -0.2) is 41.3 Å². The minimum Gasteiger partial charge on any atom is -0.497 e. The highest BCUT2D eigenvalue weighted by molar-refractivity contribution is 5.84. The number of carboxylic acids is 1. The number of amides is 1. The molecule has 1 rings (SSSR count). The van der Waals surface area contributed by atoms with Crippen molar-refractivity contribution in [1.29, 1.82) is 0 Å². The second-order valence-corrected chi connectivity index (χ2v) is 4.79. The summed E-state index contributed by atoms with van der Waals surface area (Å²) in [5.74, 6) is -1.49. The minimum absolute atomic E-state index is 0.346. The molecule has 1 aromatic rings. The molecule has 2 atom stereocenters. The zero-order valence-electron chi connectivity index (χ0n) is 11.7. The van der Waals surface area contributed by atoms with Gasteiger partial charge < -0.3 is 20.3 Å². The molecule has 0 saturated heterocycles. The lowest BCUT2D eigenvalue weighted by molar-refractivity contribution is -0.156. The van der Waals surface area contributed by atoms with E-state index in [1.54, 1.807) is 38.3 Å². The van der Waals surface area contributed by atoms with Gasteiger partial charge in [-0.05, 0) is 31.5 Å². The van der Waals surface area contributed by atoms with Crippen molar-refractivity contribution in [3.63, 3.8) is 0 Å². The highest BCUT2D eigenvalue weighted by Gasteiger charge is 2.31. The number of carbonyl (C=O) groups excluding carboxylic acids is 1. The maximum absolute atomic E-state index is 11.9. The van der Waals surface area contributed by atoms with E-state index in [0.29, 0.717) is 5.75 Å². The van der Waals surface area contributed by atoms with Crippen LogP contribution in [0.2, 0.25) is 0 Å². The van der Waals surface area contributed by atoms with Gasteiger partial charge in [0.05, 0.1) is 19.6 Å². The molecule has 0 saturated carbocycles. The summed E-state index contributed by atoms with van der Waals surface area (Å²) < 4.78 is 5.03. The first-order chi connectivity index (χ1) is 9.27. The molecule has 20 heavy (non-hydrogen) atoms. The molecule has 2 unspecified atom stereocenters. The zero-order chi connectivity index (χ0) is 15.3. The third-order valence-electron chi connectivity index (χ3n) is 3.08. The number of hydrogen-bond donors (Lipinski definition) is 3. The Morgan fingerprint density at radius 3 is 2.35 bits per heavy atom. The van der Waals surface area contributed by atoms with Crippen molar-refractivity contribution >= 4 is 11.9 Å². The Kier molecular flexibility index (Phi) is 5.10. The van der Waals surface area contributed by atoms with Gasteiger partial charge >= 0.3 is 5.97 Å². The number of methoxy groups -OCH3 is 1. The predicted octanol–water partition coefficient (Wildman–Crippen LogP) is 0.750. The van der Waals surface area contributed by atoms with E-state index >= 15 is 0 Å². The number of nitrogens with one attached hydrogen (secondary N) is 1. The largest absolute Gasteiger partial charge is 0.497 e. The molecule has 1 amide bonds. The molecule has 0 bridgehead atoms. The Hall–Kier alpha value is -2.08. The third-order valence-corrected chi connectivity index (χ3v) is 3.08. The van der Waals surface area contributed by atoms with Crippen LogP contribution in [0.1, 0.15) is 25.3 Å². The summed E-state index contributed by atoms with van der Waals surface area (Å²) in [5, 5.41) is 20.7. The average molecular weight is 281 g/mol. The Morgan fingerprint density at radius 2 is 1.90 bits per heavy atom. The van der Waals surface area contributed by atoms with E-state index in [-0.39, 0.29) is 12.5 Å². The molecule has 0 radical (unpaired) electrons. The van der Waals surface area contributed by atoms with Crippen molar-refractivity contribution in [3.05, 3.63) is 29.8 Å². The first-order valence-corrected chi connectivity index (χ1v) is 6.15. The quantitative estimate of drug-likeness (QED) is 0.715. The van der Waals surface area contributed by atoms with Gasteiger partial charge in [-0.25, -0.2) is 4.79 Å². The monoisotopic (exact) mass is 281 g/mol. The molecule has 110 valence electrons. The average Bonchev–Trinajstić information content (AvgIpc) is 2.44. The van der Waals surface area contributed by atoms with Gasteiger partial charge in [-0.15, -0.1) is 0 Å². The van der Waals surface area contributed by atoms with Crippen LogP contribution in [0, 0.1) is 0 Å². The van der Waals surface area contributed by atoms with Crippen molar-refractivity contribution in [2.75, 3.05) is 13.7 Å². The molecule has 3 N–H and O–H groups in total. The van der Waals surface area contributed by atoms with Gasteiger partial charge in [-0.1, -0.05) is 12.1 Å². The maximum Gasteiger partial charge on any atom is 0.337 e. The lowest BCUT2D eigenvalue weighted by Crippen LogP contribution is -2.47. The summed E-state index contributed by atoms with van der Waals surface area (Å²) in [6.07, 6.45) is 0. The van der Waals surface area contributed by atoms with E-state index in [1.165, 1.54) is 0 Å². The summed E-state index contributed by atoms with van der Waals surface area (Å²) in [7, 11) is 1.55. The zero-order valence-corrected chi connectivity index (χ0v) is 11.7. The highest BCUT2D eigenvalue weighted by Crippen LogP contribution is 2.19. The number of benzene rings is 1. The van der Waals surface area contributed by atoms with Crippen molar-refractivity contribution in [3.8, 4) is 5.75 Å². The normalized spacial score (nSPS) is 15.0. The Morgan fingerprint density at radius 1 is 1.35 bits per heavy atom. The van der Waals surface area contributed by atoms with Crippen molar-refractivity contribution in [2.24, 2.45) is 0 Å². The van der Waals surface area contributed by atoms with Crippen LogP contribution < -0.4 is 10.1 Å². The molecule has 0 aliphatic rings. The van der Waals surface area contributed by atoms with Crippen molar-refractivity contribution in [1.82, 2.24) is 5.32 Å². The van der Waals surface area contributed by atoms with Gasteiger partial charge in [0.1, 0.15) is 5.75 Å². The predicted molar refractivity (Wildman–Crippen MR) is 72.7 cm³/mol. The van der Waals surface area contributed by atoms with Crippen LogP contribution in [0.4, 0.5) is 0 Å². The molecule has 0 heterocycles. The van der Waals surface area contributed by atoms with E-state index in [0.717, 1.165) is 12.5 Å². The number of ether oxygens (including phenoxy) is 1. The van der Waals surface area contributed by atoms with Gasteiger partial charge in [0.25, 0.3) is 0 Å². The fraction of sp³-hybridized carbons (Fsp3) is 0.429. The van der Waals surface area contributed by atoms with Gasteiger partial charge in [-0.2, -0.15) is 0 Å². The smallest absolute Gasteiger partial charge is 0.337 e. The van der Waals surface area contributed by atoms with Crippen LogP contribution in [0.3, 0.4) is 0 Å². The molecule has 6 heteroatoms. The molecule has 0 aromatic heterocycles. The summed E-state index contributed by atoms with van der Waals surface area (Å²) in [6.45, 7) is 2.49. The lowest BCUT2D eigenvalue weighted by atomic mass is 9.99. The van der Waals surface area contributed by atoms with Crippen LogP contribution in [0.25, 0.3) is 0 Å². The number of rotatable bonds is 6. The Bertz CT molecular complexity index is 481. The number of carbonyl (C=O) groups is 2. The highest BCUT2D eigenvalue weighted by atomic mass is 16.5. The van der Waals surface area contributed by atoms with E-state index in [1.807, 2.05) is 0 Å². The van der Waals surface area contributed by atoms with E-state index in [2.05, 4.69) is 5.32 Å². The maximum atomic E-state index is 11.9. The minimum atomic E-state index is -1.98. The van der Waals surface area contributed by atoms with E-state index < -0.39 is 17.5 Å². The first kappa shape index (κ1) is 16.0. The molecule has 0 fully saturated rings. The molecule has 1 aromatic carbocycles. The molecular weight excluding hydrogens is 262 g/mol. The Balaban J connectivity index is 2.65. The standard InChI is InChI=1S/C14H19NO5/c1-9(10-4-6-11(20-3)7-5-10)12(16)15-8-14(2,19)13(17)18/h4-7,9,19H,8H2,1-3H3,(H,15,16)(H,17,18).